The third-order valence-electron chi connectivity index (χ3n) is 4.45. The topological polar surface area (TPSA) is 83.4 Å². The lowest BCUT2D eigenvalue weighted by Gasteiger charge is -2.26. The number of aromatic nitrogens is 1. The molecule has 0 aliphatic carbocycles. The second-order valence-corrected chi connectivity index (χ2v) is 6.45. The fourth-order valence-corrected chi connectivity index (χ4v) is 2.95. The van der Waals surface area contributed by atoms with Crippen molar-refractivity contribution in [1.82, 2.24) is 4.98 Å². The van der Waals surface area contributed by atoms with Gasteiger partial charge in [0.1, 0.15) is 23.4 Å². The SMILES string of the molecule is CC(CN)CCCOc1ccc2c(c1)OC(C)c1cnc(N)cc1-2. The molecular formula is C19H25N3O2. The smallest absolute Gasteiger partial charge is 0.131 e. The largest absolute Gasteiger partial charge is 0.493 e. The number of nitrogens with two attached hydrogens (primary N) is 2. The number of pyridine rings is 1. The van der Waals surface area contributed by atoms with Gasteiger partial charge in [0.05, 0.1) is 6.61 Å². The van der Waals surface area contributed by atoms with Crippen molar-refractivity contribution in [3.05, 3.63) is 36.0 Å². The lowest BCUT2D eigenvalue weighted by molar-refractivity contribution is 0.220. The van der Waals surface area contributed by atoms with E-state index in [0.29, 0.717) is 18.3 Å². The third-order valence-corrected chi connectivity index (χ3v) is 4.45. The number of benzene rings is 1. The van der Waals surface area contributed by atoms with E-state index in [1.165, 1.54) is 0 Å². The molecule has 0 bridgehead atoms. The summed E-state index contributed by atoms with van der Waals surface area (Å²) in [5, 5.41) is 0. The van der Waals surface area contributed by atoms with Crippen LogP contribution in [0.5, 0.6) is 11.5 Å². The van der Waals surface area contributed by atoms with Gasteiger partial charge in [0.25, 0.3) is 0 Å². The first kappa shape index (κ1) is 16.6. The molecule has 2 heterocycles. The molecule has 2 aromatic rings. The number of rotatable bonds is 6. The monoisotopic (exact) mass is 327 g/mol. The number of hydrogen-bond donors (Lipinski definition) is 2. The lowest BCUT2D eigenvalue weighted by atomic mass is 9.95. The number of fused-ring (bicyclic) bond motifs is 3. The number of nitrogen functional groups attached to an aromatic ring is 1. The Morgan fingerprint density at radius 3 is 2.92 bits per heavy atom. The van der Waals surface area contributed by atoms with Crippen molar-refractivity contribution in [3.8, 4) is 22.6 Å². The number of ether oxygens (including phenoxy) is 2. The van der Waals surface area contributed by atoms with E-state index >= 15 is 0 Å². The van der Waals surface area contributed by atoms with E-state index in [0.717, 1.165) is 47.6 Å². The van der Waals surface area contributed by atoms with Gasteiger partial charge < -0.3 is 20.9 Å². The average molecular weight is 327 g/mol. The second kappa shape index (κ2) is 7.09. The van der Waals surface area contributed by atoms with Crippen molar-refractivity contribution in [3.63, 3.8) is 0 Å². The molecule has 0 saturated heterocycles. The van der Waals surface area contributed by atoms with Crippen molar-refractivity contribution in [1.29, 1.82) is 0 Å². The molecule has 0 amide bonds. The summed E-state index contributed by atoms with van der Waals surface area (Å²) in [4.78, 5) is 4.17. The van der Waals surface area contributed by atoms with E-state index in [-0.39, 0.29) is 6.10 Å². The first-order valence-corrected chi connectivity index (χ1v) is 8.48. The second-order valence-electron chi connectivity index (χ2n) is 6.45. The summed E-state index contributed by atoms with van der Waals surface area (Å²) in [6.07, 6.45) is 3.81. The van der Waals surface area contributed by atoms with Gasteiger partial charge in [0.15, 0.2) is 0 Å². The maximum Gasteiger partial charge on any atom is 0.131 e. The summed E-state index contributed by atoms with van der Waals surface area (Å²) in [7, 11) is 0. The van der Waals surface area contributed by atoms with Crippen LogP contribution in [0.3, 0.4) is 0 Å². The Kier molecular flexibility index (Phi) is 4.90. The van der Waals surface area contributed by atoms with Crippen LogP contribution in [-0.4, -0.2) is 18.1 Å². The highest BCUT2D eigenvalue weighted by Crippen LogP contribution is 2.43. The molecule has 128 valence electrons. The van der Waals surface area contributed by atoms with Crippen LogP contribution in [0, 0.1) is 5.92 Å². The minimum atomic E-state index is -0.0544. The molecular weight excluding hydrogens is 302 g/mol. The highest BCUT2D eigenvalue weighted by Gasteiger charge is 2.24. The molecule has 0 radical (unpaired) electrons. The van der Waals surface area contributed by atoms with Gasteiger partial charge in [0.2, 0.25) is 0 Å². The van der Waals surface area contributed by atoms with Crippen molar-refractivity contribution >= 4 is 5.82 Å². The van der Waals surface area contributed by atoms with Gasteiger partial charge in [-0.15, -0.1) is 0 Å². The first-order valence-electron chi connectivity index (χ1n) is 8.48. The summed E-state index contributed by atoms with van der Waals surface area (Å²) in [5.41, 5.74) is 14.6. The summed E-state index contributed by atoms with van der Waals surface area (Å²) in [6, 6.07) is 7.86. The fraction of sp³-hybridized carbons (Fsp3) is 0.421. The van der Waals surface area contributed by atoms with Gasteiger partial charge in [-0.1, -0.05) is 6.92 Å². The Morgan fingerprint density at radius 2 is 2.12 bits per heavy atom. The van der Waals surface area contributed by atoms with Crippen LogP contribution in [0.15, 0.2) is 30.5 Å². The average Bonchev–Trinajstić information content (AvgIpc) is 2.58. The molecule has 5 nitrogen and oxygen atoms in total. The van der Waals surface area contributed by atoms with Gasteiger partial charge >= 0.3 is 0 Å². The molecule has 24 heavy (non-hydrogen) atoms. The van der Waals surface area contributed by atoms with Crippen LogP contribution in [0.1, 0.15) is 38.4 Å². The molecule has 1 aromatic heterocycles. The van der Waals surface area contributed by atoms with Crippen molar-refractivity contribution in [2.45, 2.75) is 32.8 Å². The van der Waals surface area contributed by atoms with Gasteiger partial charge in [-0.05, 0) is 56.0 Å². The Hall–Kier alpha value is -2.27. The zero-order valence-electron chi connectivity index (χ0n) is 14.3. The standard InChI is InChI=1S/C19H25N3O2/c1-12(10-20)4-3-7-23-14-5-6-15-16-9-19(21)22-11-17(16)13(2)24-18(15)8-14/h5-6,8-9,11-13H,3-4,7,10,20H2,1-2H3,(H2,21,22). The van der Waals surface area contributed by atoms with Crippen LogP contribution in [0.4, 0.5) is 5.82 Å². The zero-order valence-corrected chi connectivity index (χ0v) is 14.3. The summed E-state index contributed by atoms with van der Waals surface area (Å²) in [5.74, 6) is 2.71. The van der Waals surface area contributed by atoms with Gasteiger partial charge in [0, 0.05) is 23.4 Å². The summed E-state index contributed by atoms with van der Waals surface area (Å²) < 4.78 is 11.9. The molecule has 0 spiro atoms. The first-order chi connectivity index (χ1) is 11.6. The van der Waals surface area contributed by atoms with Gasteiger partial charge in [-0.25, -0.2) is 4.98 Å². The summed E-state index contributed by atoms with van der Waals surface area (Å²) >= 11 is 0. The quantitative estimate of drug-likeness (QED) is 0.793. The molecule has 2 atom stereocenters. The minimum absolute atomic E-state index is 0.0544. The highest BCUT2D eigenvalue weighted by molar-refractivity contribution is 5.77. The maximum absolute atomic E-state index is 6.02. The van der Waals surface area contributed by atoms with Gasteiger partial charge in [-0.2, -0.15) is 0 Å². The van der Waals surface area contributed by atoms with Crippen molar-refractivity contribution < 1.29 is 9.47 Å². The normalized spacial score (nSPS) is 16.7. The number of nitrogens with zero attached hydrogens (tertiary/aromatic N) is 1. The van der Waals surface area contributed by atoms with E-state index in [9.17, 15) is 0 Å². The van der Waals surface area contributed by atoms with Crippen LogP contribution >= 0.6 is 0 Å². The van der Waals surface area contributed by atoms with E-state index in [1.54, 1.807) is 6.20 Å². The molecule has 1 aliphatic heterocycles. The molecule has 5 heteroatoms. The Morgan fingerprint density at radius 1 is 1.29 bits per heavy atom. The molecule has 0 saturated carbocycles. The maximum atomic E-state index is 6.02. The Bertz CT molecular complexity index is 718. The van der Waals surface area contributed by atoms with Crippen molar-refractivity contribution in [2.24, 2.45) is 11.7 Å². The summed E-state index contributed by atoms with van der Waals surface area (Å²) in [6.45, 7) is 5.58. The molecule has 2 unspecified atom stereocenters. The van der Waals surface area contributed by atoms with Crippen LogP contribution in [0.25, 0.3) is 11.1 Å². The van der Waals surface area contributed by atoms with E-state index < -0.39 is 0 Å². The van der Waals surface area contributed by atoms with E-state index in [2.05, 4.69) is 11.9 Å². The van der Waals surface area contributed by atoms with Crippen molar-refractivity contribution in [2.75, 3.05) is 18.9 Å². The Labute approximate surface area is 143 Å². The predicted octanol–water partition coefficient (Wildman–Crippen LogP) is 3.54. The minimum Gasteiger partial charge on any atom is -0.493 e. The van der Waals surface area contributed by atoms with E-state index in [1.807, 2.05) is 31.2 Å². The Balaban J connectivity index is 1.74. The molecule has 1 aliphatic rings. The number of hydrogen-bond acceptors (Lipinski definition) is 5. The van der Waals surface area contributed by atoms with Crippen LogP contribution < -0.4 is 20.9 Å². The highest BCUT2D eigenvalue weighted by atomic mass is 16.5. The molecule has 0 fully saturated rings. The van der Waals surface area contributed by atoms with Crippen LogP contribution in [0.2, 0.25) is 0 Å². The van der Waals surface area contributed by atoms with Gasteiger partial charge in [-0.3, -0.25) is 0 Å². The number of anilines is 1. The van der Waals surface area contributed by atoms with Crippen LogP contribution in [-0.2, 0) is 0 Å². The molecule has 3 rings (SSSR count). The predicted molar refractivity (Wildman–Crippen MR) is 96.1 cm³/mol. The zero-order chi connectivity index (χ0) is 17.1. The lowest BCUT2D eigenvalue weighted by Crippen LogP contribution is -2.13. The fourth-order valence-electron chi connectivity index (χ4n) is 2.95. The third kappa shape index (κ3) is 3.46. The molecule has 4 N–H and O–H groups in total. The van der Waals surface area contributed by atoms with E-state index in [4.69, 9.17) is 20.9 Å². The molecule has 1 aromatic carbocycles.